The number of fused-ring (bicyclic) bond motifs is 1. The lowest BCUT2D eigenvalue weighted by molar-refractivity contribution is -0.137. The van der Waals surface area contributed by atoms with Gasteiger partial charge in [-0.05, 0) is 37.3 Å². The van der Waals surface area contributed by atoms with Crippen LogP contribution in [0.2, 0.25) is 0 Å². The van der Waals surface area contributed by atoms with E-state index in [1.807, 2.05) is 36.1 Å². The Kier molecular flexibility index (Phi) is 6.52. The molecular weight excluding hydrogens is 441 g/mol. The van der Waals surface area contributed by atoms with Crippen molar-refractivity contribution >= 4 is 40.1 Å². The first kappa shape index (κ1) is 22.3. The highest BCUT2D eigenvalue weighted by Gasteiger charge is 2.32. The van der Waals surface area contributed by atoms with Crippen LogP contribution in [0.5, 0.6) is 0 Å². The lowest BCUT2D eigenvalue weighted by Crippen LogP contribution is -2.37. The number of carbonyl (C=O) groups excluding carboxylic acids is 1. The van der Waals surface area contributed by atoms with Crippen LogP contribution in [0.3, 0.4) is 0 Å². The zero-order valence-electron chi connectivity index (χ0n) is 17.3. The lowest BCUT2D eigenvalue weighted by atomic mass is 10.1. The molecular formula is C22H21F3N4O2S. The Hall–Kier alpha value is -2.85. The molecule has 168 valence electrons. The molecule has 4 rings (SSSR count). The first-order chi connectivity index (χ1) is 15.3. The van der Waals surface area contributed by atoms with Gasteiger partial charge in [-0.1, -0.05) is 23.9 Å². The van der Waals surface area contributed by atoms with Crippen molar-refractivity contribution in [1.82, 2.24) is 9.97 Å². The van der Waals surface area contributed by atoms with E-state index >= 15 is 0 Å². The van der Waals surface area contributed by atoms with Crippen LogP contribution in [-0.4, -0.2) is 47.9 Å². The Morgan fingerprint density at radius 1 is 1.12 bits per heavy atom. The quantitative estimate of drug-likeness (QED) is 0.563. The van der Waals surface area contributed by atoms with Gasteiger partial charge in [0.1, 0.15) is 5.03 Å². The molecule has 0 radical (unpaired) electrons. The van der Waals surface area contributed by atoms with Gasteiger partial charge in [0.15, 0.2) is 0 Å². The summed E-state index contributed by atoms with van der Waals surface area (Å²) >= 11 is 1.20. The van der Waals surface area contributed by atoms with E-state index in [-0.39, 0.29) is 11.4 Å². The molecule has 0 aliphatic carbocycles. The SMILES string of the molecule is Cc1nc2ccccc2nc1SCC(=O)Nc1cc(C(F)(F)F)ccc1N1CCOCC1. The maximum atomic E-state index is 13.3. The van der Waals surface area contributed by atoms with E-state index in [0.29, 0.717) is 48.2 Å². The highest BCUT2D eigenvalue weighted by Crippen LogP contribution is 2.36. The fourth-order valence-corrected chi connectivity index (χ4v) is 4.18. The van der Waals surface area contributed by atoms with Crippen molar-refractivity contribution in [3.05, 3.63) is 53.7 Å². The largest absolute Gasteiger partial charge is 0.416 e. The van der Waals surface area contributed by atoms with Crippen LogP contribution in [0.4, 0.5) is 24.5 Å². The number of halogens is 3. The van der Waals surface area contributed by atoms with Crippen LogP contribution >= 0.6 is 11.8 Å². The minimum absolute atomic E-state index is 0.00728. The number of nitrogens with zero attached hydrogens (tertiary/aromatic N) is 3. The zero-order valence-corrected chi connectivity index (χ0v) is 18.1. The monoisotopic (exact) mass is 462 g/mol. The van der Waals surface area contributed by atoms with Gasteiger partial charge in [0, 0.05) is 13.1 Å². The smallest absolute Gasteiger partial charge is 0.378 e. The Labute approximate surface area is 187 Å². The van der Waals surface area contributed by atoms with Gasteiger partial charge in [0.2, 0.25) is 5.91 Å². The van der Waals surface area contributed by atoms with Crippen LogP contribution in [-0.2, 0) is 15.7 Å². The molecule has 3 aromatic rings. The molecule has 1 amide bonds. The molecule has 1 N–H and O–H groups in total. The third-order valence-corrected chi connectivity index (χ3v) is 6.06. The van der Waals surface area contributed by atoms with Crippen molar-refractivity contribution < 1.29 is 22.7 Å². The third-order valence-electron chi connectivity index (χ3n) is 4.99. The number of alkyl halides is 3. The molecule has 1 aliphatic rings. The summed E-state index contributed by atoms with van der Waals surface area (Å²) in [5, 5.41) is 3.26. The van der Waals surface area contributed by atoms with Gasteiger partial charge in [0.05, 0.1) is 52.6 Å². The van der Waals surface area contributed by atoms with E-state index in [1.54, 1.807) is 0 Å². The summed E-state index contributed by atoms with van der Waals surface area (Å²) in [5.41, 5.74) is 2.03. The second-order valence-corrected chi connectivity index (χ2v) is 8.23. The maximum absolute atomic E-state index is 13.3. The molecule has 2 aromatic carbocycles. The minimum atomic E-state index is -4.50. The first-order valence-corrected chi connectivity index (χ1v) is 11.0. The van der Waals surface area contributed by atoms with Crippen molar-refractivity contribution in [2.24, 2.45) is 0 Å². The summed E-state index contributed by atoms with van der Waals surface area (Å²) < 4.78 is 45.1. The molecule has 1 saturated heterocycles. The highest BCUT2D eigenvalue weighted by molar-refractivity contribution is 8.00. The molecule has 1 aliphatic heterocycles. The number of hydrogen-bond acceptors (Lipinski definition) is 6. The minimum Gasteiger partial charge on any atom is -0.378 e. The number of hydrogen-bond donors (Lipinski definition) is 1. The second-order valence-electron chi connectivity index (χ2n) is 7.27. The number of benzene rings is 2. The van der Waals surface area contributed by atoms with Crippen LogP contribution in [0.15, 0.2) is 47.5 Å². The molecule has 0 bridgehead atoms. The predicted octanol–water partition coefficient (Wildman–Crippen LogP) is 4.52. The number of rotatable bonds is 5. The summed E-state index contributed by atoms with van der Waals surface area (Å²) in [6.07, 6.45) is -4.50. The van der Waals surface area contributed by atoms with Gasteiger partial charge in [-0.25, -0.2) is 9.97 Å². The van der Waals surface area contributed by atoms with Gasteiger partial charge >= 0.3 is 6.18 Å². The van der Waals surface area contributed by atoms with E-state index in [0.717, 1.165) is 17.6 Å². The zero-order chi connectivity index (χ0) is 22.7. The maximum Gasteiger partial charge on any atom is 0.416 e. The number of nitrogens with one attached hydrogen (secondary N) is 1. The van der Waals surface area contributed by atoms with E-state index in [9.17, 15) is 18.0 Å². The molecule has 32 heavy (non-hydrogen) atoms. The van der Waals surface area contributed by atoms with E-state index < -0.39 is 17.6 Å². The number of amides is 1. The normalized spacial score (nSPS) is 14.6. The summed E-state index contributed by atoms with van der Waals surface area (Å²) in [6.45, 7) is 3.83. The van der Waals surface area contributed by atoms with Crippen LogP contribution in [0.25, 0.3) is 11.0 Å². The van der Waals surface area contributed by atoms with Crippen molar-refractivity contribution in [2.45, 2.75) is 18.1 Å². The third kappa shape index (κ3) is 5.13. The predicted molar refractivity (Wildman–Crippen MR) is 118 cm³/mol. The molecule has 0 unspecified atom stereocenters. The highest BCUT2D eigenvalue weighted by atomic mass is 32.2. The summed E-state index contributed by atoms with van der Waals surface area (Å²) in [6, 6.07) is 10.8. The lowest BCUT2D eigenvalue weighted by Gasteiger charge is -2.31. The van der Waals surface area contributed by atoms with Gasteiger partial charge in [0.25, 0.3) is 0 Å². The van der Waals surface area contributed by atoms with Gasteiger partial charge < -0.3 is 15.0 Å². The second kappa shape index (κ2) is 9.33. The van der Waals surface area contributed by atoms with Crippen LogP contribution < -0.4 is 10.2 Å². The number of morpholine rings is 1. The summed E-state index contributed by atoms with van der Waals surface area (Å²) in [4.78, 5) is 23.6. The Morgan fingerprint density at radius 3 is 2.50 bits per heavy atom. The molecule has 0 spiro atoms. The number of para-hydroxylation sites is 2. The molecule has 10 heteroatoms. The molecule has 2 heterocycles. The number of ether oxygens (including phenoxy) is 1. The molecule has 1 fully saturated rings. The number of carbonyl (C=O) groups is 1. The molecule has 0 saturated carbocycles. The number of aryl methyl sites for hydroxylation is 1. The molecule has 1 aromatic heterocycles. The van der Waals surface area contributed by atoms with Gasteiger partial charge in [-0.3, -0.25) is 4.79 Å². The fourth-order valence-electron chi connectivity index (χ4n) is 3.42. The fraction of sp³-hybridized carbons (Fsp3) is 0.318. The van der Waals surface area contributed by atoms with E-state index in [4.69, 9.17) is 4.74 Å². The average Bonchev–Trinajstić information content (AvgIpc) is 2.77. The topological polar surface area (TPSA) is 67.4 Å². The van der Waals surface area contributed by atoms with Crippen molar-refractivity contribution in [1.29, 1.82) is 0 Å². The van der Waals surface area contributed by atoms with Crippen LogP contribution in [0, 0.1) is 6.92 Å². The molecule has 6 nitrogen and oxygen atoms in total. The number of anilines is 2. The standard InChI is InChI=1S/C22H21F3N4O2S/c1-14-21(28-17-5-3-2-4-16(17)26-14)32-13-20(30)27-18-12-15(22(23,24)25)6-7-19(18)29-8-10-31-11-9-29/h2-7,12H,8-11,13H2,1H3,(H,27,30). The Balaban J connectivity index is 1.52. The first-order valence-electron chi connectivity index (χ1n) is 10.0. The van der Waals surface area contributed by atoms with E-state index in [1.165, 1.54) is 17.8 Å². The summed E-state index contributed by atoms with van der Waals surface area (Å²) in [7, 11) is 0. The molecule has 0 atom stereocenters. The Bertz CT molecular complexity index is 1130. The van der Waals surface area contributed by atoms with Gasteiger partial charge in [-0.2, -0.15) is 13.2 Å². The van der Waals surface area contributed by atoms with Crippen molar-refractivity contribution in [3.63, 3.8) is 0 Å². The van der Waals surface area contributed by atoms with E-state index in [2.05, 4.69) is 15.3 Å². The van der Waals surface area contributed by atoms with Gasteiger partial charge in [-0.15, -0.1) is 0 Å². The average molecular weight is 462 g/mol. The Morgan fingerprint density at radius 2 is 1.81 bits per heavy atom. The van der Waals surface area contributed by atoms with Crippen molar-refractivity contribution in [3.8, 4) is 0 Å². The number of thioether (sulfide) groups is 1. The number of aromatic nitrogens is 2. The van der Waals surface area contributed by atoms with Crippen LogP contribution in [0.1, 0.15) is 11.3 Å². The summed E-state index contributed by atoms with van der Waals surface area (Å²) in [5.74, 6) is -0.426. The van der Waals surface area contributed by atoms with Crippen molar-refractivity contribution in [2.75, 3.05) is 42.3 Å².